The molecule has 0 N–H and O–H groups in total. The number of ether oxygens (including phenoxy) is 2. The summed E-state index contributed by atoms with van der Waals surface area (Å²) in [7, 11) is 0. The molecule has 1 heterocycles. The van der Waals surface area contributed by atoms with Gasteiger partial charge in [0.15, 0.2) is 0 Å². The molecule has 0 aromatic rings. The lowest BCUT2D eigenvalue weighted by Gasteiger charge is -2.24. The zero-order valence-corrected chi connectivity index (χ0v) is 14.6. The van der Waals surface area contributed by atoms with Crippen molar-refractivity contribution in [2.75, 3.05) is 6.61 Å². The number of carbonyl (C=O) groups excluding carboxylic acids is 1. The summed E-state index contributed by atoms with van der Waals surface area (Å²) in [6.45, 7) is 5.02. The minimum absolute atomic E-state index is 0.0561. The second-order valence-corrected chi connectivity index (χ2v) is 7.32. The summed E-state index contributed by atoms with van der Waals surface area (Å²) < 4.78 is 11.1. The first-order chi connectivity index (χ1) is 10.2. The standard InChI is InChI=1S/C17H32O3S/c1-3-4-5-6-7-8-9-12-16(18)20-15(2)21-17-13-10-11-14-19-17/h15,17H,3-14H2,1-2H3. The van der Waals surface area contributed by atoms with Crippen molar-refractivity contribution >= 4 is 17.7 Å². The van der Waals surface area contributed by atoms with Crippen LogP contribution in [-0.4, -0.2) is 23.4 Å². The lowest BCUT2D eigenvalue weighted by molar-refractivity contribution is -0.144. The van der Waals surface area contributed by atoms with Crippen LogP contribution in [0, 0.1) is 0 Å². The Morgan fingerprint density at radius 3 is 2.57 bits per heavy atom. The molecule has 1 aliphatic heterocycles. The van der Waals surface area contributed by atoms with Crippen LogP contribution in [0.15, 0.2) is 0 Å². The van der Waals surface area contributed by atoms with Gasteiger partial charge in [-0.2, -0.15) is 0 Å². The van der Waals surface area contributed by atoms with E-state index in [1.165, 1.54) is 38.5 Å². The zero-order chi connectivity index (χ0) is 15.3. The second kappa shape index (κ2) is 12.3. The highest BCUT2D eigenvalue weighted by Crippen LogP contribution is 2.27. The van der Waals surface area contributed by atoms with Crippen molar-refractivity contribution in [1.82, 2.24) is 0 Å². The molecule has 1 rings (SSSR count). The fraction of sp³-hybridized carbons (Fsp3) is 0.941. The fourth-order valence-corrected chi connectivity index (χ4v) is 3.60. The van der Waals surface area contributed by atoms with Crippen molar-refractivity contribution < 1.29 is 14.3 Å². The zero-order valence-electron chi connectivity index (χ0n) is 13.8. The SMILES string of the molecule is CCCCCCCCCC(=O)OC(C)SC1CCCCO1. The molecular weight excluding hydrogens is 284 g/mol. The summed E-state index contributed by atoms with van der Waals surface area (Å²) in [6.07, 6.45) is 12.6. The highest BCUT2D eigenvalue weighted by molar-refractivity contribution is 8.00. The molecule has 0 spiro atoms. The Morgan fingerprint density at radius 1 is 1.19 bits per heavy atom. The first-order valence-electron chi connectivity index (χ1n) is 8.69. The maximum Gasteiger partial charge on any atom is 0.306 e. The molecule has 1 saturated heterocycles. The van der Waals surface area contributed by atoms with E-state index in [0.29, 0.717) is 6.42 Å². The van der Waals surface area contributed by atoms with E-state index >= 15 is 0 Å². The highest BCUT2D eigenvalue weighted by atomic mass is 32.2. The molecule has 3 nitrogen and oxygen atoms in total. The van der Waals surface area contributed by atoms with E-state index in [1.54, 1.807) is 11.8 Å². The van der Waals surface area contributed by atoms with Crippen molar-refractivity contribution in [2.45, 2.75) is 95.3 Å². The minimum atomic E-state index is -0.0924. The summed E-state index contributed by atoms with van der Waals surface area (Å²) in [5.74, 6) is -0.0561. The van der Waals surface area contributed by atoms with Gasteiger partial charge >= 0.3 is 5.97 Å². The molecule has 21 heavy (non-hydrogen) atoms. The molecule has 2 atom stereocenters. The number of hydrogen-bond acceptors (Lipinski definition) is 4. The molecule has 0 saturated carbocycles. The molecule has 0 radical (unpaired) electrons. The predicted molar refractivity (Wildman–Crippen MR) is 89.3 cm³/mol. The van der Waals surface area contributed by atoms with Gasteiger partial charge in [0, 0.05) is 13.0 Å². The van der Waals surface area contributed by atoms with Crippen LogP contribution in [0.25, 0.3) is 0 Å². The maximum atomic E-state index is 11.8. The number of unbranched alkanes of at least 4 members (excludes halogenated alkanes) is 6. The smallest absolute Gasteiger partial charge is 0.306 e. The molecule has 0 aromatic carbocycles. The highest BCUT2D eigenvalue weighted by Gasteiger charge is 2.19. The first-order valence-corrected chi connectivity index (χ1v) is 9.63. The van der Waals surface area contributed by atoms with Crippen molar-refractivity contribution in [1.29, 1.82) is 0 Å². The Bertz CT molecular complexity index is 265. The van der Waals surface area contributed by atoms with Gasteiger partial charge in [0.05, 0.1) is 0 Å². The number of esters is 1. The average molecular weight is 317 g/mol. The van der Waals surface area contributed by atoms with Crippen LogP contribution in [0.1, 0.15) is 84.5 Å². The Hall–Kier alpha value is -0.220. The molecule has 0 amide bonds. The van der Waals surface area contributed by atoms with E-state index in [0.717, 1.165) is 32.3 Å². The predicted octanol–water partition coefficient (Wildman–Crippen LogP) is 5.28. The van der Waals surface area contributed by atoms with E-state index in [4.69, 9.17) is 9.47 Å². The number of thioether (sulfide) groups is 1. The fourth-order valence-electron chi connectivity index (χ4n) is 2.53. The van der Waals surface area contributed by atoms with Crippen LogP contribution >= 0.6 is 11.8 Å². The second-order valence-electron chi connectivity index (χ2n) is 5.86. The van der Waals surface area contributed by atoms with Crippen LogP contribution in [-0.2, 0) is 14.3 Å². The number of carbonyl (C=O) groups is 1. The van der Waals surface area contributed by atoms with Gasteiger partial charge in [0.1, 0.15) is 10.9 Å². The Labute approximate surface area is 134 Å². The quantitative estimate of drug-likeness (QED) is 0.295. The summed E-state index contributed by atoms with van der Waals surface area (Å²) in [5, 5.41) is 0. The summed E-state index contributed by atoms with van der Waals surface area (Å²) >= 11 is 1.64. The van der Waals surface area contributed by atoms with E-state index in [2.05, 4.69) is 6.92 Å². The summed E-state index contributed by atoms with van der Waals surface area (Å²) in [4.78, 5) is 11.8. The Morgan fingerprint density at radius 2 is 1.90 bits per heavy atom. The van der Waals surface area contributed by atoms with Gasteiger partial charge in [-0.05, 0) is 32.6 Å². The van der Waals surface area contributed by atoms with Gasteiger partial charge in [-0.3, -0.25) is 4.79 Å². The maximum absolute atomic E-state index is 11.8. The molecule has 0 aromatic heterocycles. The van der Waals surface area contributed by atoms with E-state index in [-0.39, 0.29) is 16.8 Å². The van der Waals surface area contributed by atoms with Crippen LogP contribution in [0.2, 0.25) is 0 Å². The molecule has 124 valence electrons. The van der Waals surface area contributed by atoms with Crippen molar-refractivity contribution in [3.63, 3.8) is 0 Å². The number of rotatable bonds is 11. The molecule has 1 aliphatic rings. The lowest BCUT2D eigenvalue weighted by atomic mass is 10.1. The largest absolute Gasteiger partial charge is 0.451 e. The van der Waals surface area contributed by atoms with Gasteiger partial charge in [-0.15, -0.1) is 0 Å². The molecule has 2 unspecified atom stereocenters. The van der Waals surface area contributed by atoms with Gasteiger partial charge in [0.2, 0.25) is 0 Å². The molecule has 4 heteroatoms. The summed E-state index contributed by atoms with van der Waals surface area (Å²) in [5.41, 5.74) is 0.116. The molecule has 0 aliphatic carbocycles. The Kier molecular flexibility index (Phi) is 11.1. The molecular formula is C17H32O3S. The van der Waals surface area contributed by atoms with Gasteiger partial charge in [-0.25, -0.2) is 0 Å². The van der Waals surface area contributed by atoms with Gasteiger partial charge < -0.3 is 9.47 Å². The average Bonchev–Trinajstić information content (AvgIpc) is 2.47. The van der Waals surface area contributed by atoms with Crippen LogP contribution in [0.4, 0.5) is 0 Å². The Balaban J connectivity index is 1.96. The van der Waals surface area contributed by atoms with Gasteiger partial charge in [0.25, 0.3) is 0 Å². The third kappa shape index (κ3) is 10.2. The van der Waals surface area contributed by atoms with Crippen molar-refractivity contribution in [3.8, 4) is 0 Å². The minimum Gasteiger partial charge on any atom is -0.451 e. The number of hydrogen-bond donors (Lipinski definition) is 0. The van der Waals surface area contributed by atoms with Crippen molar-refractivity contribution in [3.05, 3.63) is 0 Å². The third-order valence-corrected chi connectivity index (χ3v) is 4.92. The van der Waals surface area contributed by atoms with Crippen LogP contribution < -0.4 is 0 Å². The monoisotopic (exact) mass is 316 g/mol. The molecule has 1 fully saturated rings. The van der Waals surface area contributed by atoms with Crippen molar-refractivity contribution in [2.24, 2.45) is 0 Å². The molecule has 0 bridgehead atoms. The first kappa shape index (κ1) is 18.8. The normalized spacial score (nSPS) is 20.2. The van der Waals surface area contributed by atoms with Gasteiger partial charge in [-0.1, -0.05) is 57.2 Å². The topological polar surface area (TPSA) is 35.5 Å². The van der Waals surface area contributed by atoms with E-state index in [9.17, 15) is 4.79 Å². The van der Waals surface area contributed by atoms with E-state index < -0.39 is 0 Å². The van der Waals surface area contributed by atoms with Crippen LogP contribution in [0.3, 0.4) is 0 Å². The summed E-state index contributed by atoms with van der Waals surface area (Å²) in [6, 6.07) is 0. The van der Waals surface area contributed by atoms with Crippen LogP contribution in [0.5, 0.6) is 0 Å². The lowest BCUT2D eigenvalue weighted by Crippen LogP contribution is -2.21. The van der Waals surface area contributed by atoms with E-state index in [1.807, 2.05) is 6.92 Å². The third-order valence-electron chi connectivity index (χ3n) is 3.76.